The summed E-state index contributed by atoms with van der Waals surface area (Å²) < 4.78 is 32.6. The van der Waals surface area contributed by atoms with Crippen molar-refractivity contribution >= 4 is 23.3 Å². The number of benzene rings is 2. The van der Waals surface area contributed by atoms with E-state index in [-0.39, 0.29) is 26.8 Å². The summed E-state index contributed by atoms with van der Waals surface area (Å²) in [4.78, 5) is 27.9. The molecule has 5 rings (SSSR count). The van der Waals surface area contributed by atoms with E-state index in [9.17, 15) is 9.59 Å². The molecule has 3 aliphatic rings. The van der Waals surface area contributed by atoms with Crippen molar-refractivity contribution in [2.45, 2.75) is 26.1 Å². The van der Waals surface area contributed by atoms with E-state index in [2.05, 4.69) is 5.32 Å². The molecule has 0 fully saturated rings. The Kier molecular flexibility index (Phi) is 5.04. The Morgan fingerprint density at radius 2 is 1.53 bits per heavy atom. The van der Waals surface area contributed by atoms with Gasteiger partial charge >= 0.3 is 11.9 Å². The Hall–Kier alpha value is -3.82. The molecule has 2 atom stereocenters. The van der Waals surface area contributed by atoms with Crippen LogP contribution in [-0.4, -0.2) is 44.9 Å². The van der Waals surface area contributed by atoms with Crippen LogP contribution in [-0.2, 0) is 19.1 Å². The van der Waals surface area contributed by atoms with Crippen molar-refractivity contribution in [2.24, 2.45) is 0 Å². The van der Waals surface area contributed by atoms with Crippen molar-refractivity contribution in [3.63, 3.8) is 0 Å². The third-order valence-corrected chi connectivity index (χ3v) is 5.36. The predicted octanol–water partition coefficient (Wildman–Crippen LogP) is 2.57. The van der Waals surface area contributed by atoms with E-state index < -0.39 is 24.1 Å². The van der Waals surface area contributed by atoms with Crippen LogP contribution >= 0.6 is 0 Å². The molecule has 2 unspecified atom stereocenters. The zero-order chi connectivity index (χ0) is 22.2. The fourth-order valence-corrected chi connectivity index (χ4v) is 4.02. The number of carbonyl (C=O) groups is 2. The molecule has 0 aliphatic carbocycles. The highest BCUT2D eigenvalue weighted by atomic mass is 16.7. The molecule has 0 aromatic heterocycles. The van der Waals surface area contributed by atoms with Crippen LogP contribution in [0.5, 0.6) is 23.0 Å². The van der Waals surface area contributed by atoms with Crippen LogP contribution in [0.2, 0.25) is 0 Å². The Morgan fingerprint density at radius 1 is 0.906 bits per heavy atom. The van der Waals surface area contributed by atoms with Gasteiger partial charge in [-0.1, -0.05) is 0 Å². The number of hydrogen-bond acceptors (Lipinski definition) is 10. The molecule has 0 saturated carbocycles. The average molecular weight is 442 g/mol. The van der Waals surface area contributed by atoms with Gasteiger partial charge in [0.05, 0.1) is 13.2 Å². The summed E-state index contributed by atoms with van der Waals surface area (Å²) in [5.74, 6) is 1.09. The van der Waals surface area contributed by atoms with Gasteiger partial charge in [-0.3, -0.25) is 0 Å². The first-order valence-electron chi connectivity index (χ1n) is 10.3. The molecule has 3 heterocycles. The summed E-state index contributed by atoms with van der Waals surface area (Å²) in [6.07, 6.45) is -1.00. The fraction of sp³-hybridized carbons (Fsp3) is 0.364. The van der Waals surface area contributed by atoms with Gasteiger partial charge in [0.15, 0.2) is 29.0 Å². The predicted molar refractivity (Wildman–Crippen MR) is 111 cm³/mol. The van der Waals surface area contributed by atoms with Crippen LogP contribution in [0, 0.1) is 0 Å². The normalized spacial score (nSPS) is 19.8. The maximum Gasteiger partial charge on any atom is 0.349 e. The van der Waals surface area contributed by atoms with Crippen molar-refractivity contribution in [1.29, 1.82) is 0 Å². The van der Waals surface area contributed by atoms with Gasteiger partial charge in [0.1, 0.15) is 0 Å². The number of anilines is 2. The molecule has 0 radical (unpaired) electrons. The second kappa shape index (κ2) is 8.03. The molecule has 2 aromatic rings. The van der Waals surface area contributed by atoms with Crippen LogP contribution in [0.3, 0.4) is 0 Å². The monoisotopic (exact) mass is 442 g/mol. The summed E-state index contributed by atoms with van der Waals surface area (Å²) in [7, 11) is 0. The van der Waals surface area contributed by atoms with Crippen LogP contribution in [0.1, 0.15) is 25.5 Å². The van der Waals surface area contributed by atoms with E-state index in [0.717, 1.165) is 0 Å². The van der Waals surface area contributed by atoms with Gasteiger partial charge in [-0.2, -0.15) is 0 Å². The Labute approximate surface area is 183 Å². The molecule has 168 valence electrons. The summed E-state index contributed by atoms with van der Waals surface area (Å²) in [6.45, 7) is 4.00. The molecule has 0 spiro atoms. The Bertz CT molecular complexity index is 1070. The van der Waals surface area contributed by atoms with Crippen molar-refractivity contribution in [2.75, 3.05) is 37.0 Å². The molecule has 10 heteroatoms. The lowest BCUT2D eigenvalue weighted by molar-refractivity contribution is -0.147. The smallest absolute Gasteiger partial charge is 0.349 e. The summed E-state index contributed by atoms with van der Waals surface area (Å²) in [5.41, 5.74) is 1.70. The number of rotatable bonds is 5. The maximum absolute atomic E-state index is 13.2. The van der Waals surface area contributed by atoms with Gasteiger partial charge in [-0.15, -0.1) is 0 Å². The maximum atomic E-state index is 13.2. The molecule has 0 bridgehead atoms. The molecule has 3 aliphatic heterocycles. The third kappa shape index (κ3) is 3.28. The van der Waals surface area contributed by atoms with Crippen LogP contribution in [0.25, 0.3) is 0 Å². The first-order chi connectivity index (χ1) is 15.6. The van der Waals surface area contributed by atoms with Gasteiger partial charge in [0, 0.05) is 29.1 Å². The second-order valence-corrected chi connectivity index (χ2v) is 7.19. The van der Waals surface area contributed by atoms with Gasteiger partial charge in [0.2, 0.25) is 19.8 Å². The molecular formula is C22H22N2O8. The standard InChI is InChI=1S/C22H22N2O8/c1-3-27-21(25)19-13-8-17-18(32-11-31-17)9-14(13)23-20(22(26)28-4-2)24(19)12-5-6-15-16(7-12)30-10-29-15/h5-9,19-20,23H,3-4,10-11H2,1-2H3. The SMILES string of the molecule is CCOC(=O)C1Nc2cc3c(cc2C(C(=O)OCC)N1c1ccc2c(c1)OCO2)OCO3. The molecule has 2 aromatic carbocycles. The van der Waals surface area contributed by atoms with Crippen molar-refractivity contribution in [1.82, 2.24) is 0 Å². The number of carbonyl (C=O) groups excluding carboxylic acids is 2. The Balaban J connectivity index is 1.67. The summed E-state index contributed by atoms with van der Waals surface area (Å²) in [6, 6.07) is 7.71. The lowest BCUT2D eigenvalue weighted by atomic mass is 9.97. The molecule has 10 nitrogen and oxygen atoms in total. The number of esters is 2. The highest BCUT2D eigenvalue weighted by Gasteiger charge is 2.44. The molecule has 1 N–H and O–H groups in total. The molecule has 32 heavy (non-hydrogen) atoms. The topological polar surface area (TPSA) is 105 Å². The largest absolute Gasteiger partial charge is 0.464 e. The molecule has 0 amide bonds. The van der Waals surface area contributed by atoms with E-state index in [0.29, 0.717) is 39.9 Å². The van der Waals surface area contributed by atoms with Crippen LogP contribution in [0.15, 0.2) is 30.3 Å². The minimum absolute atomic E-state index is 0.0788. The first kappa shape index (κ1) is 20.1. The second-order valence-electron chi connectivity index (χ2n) is 7.19. The lowest BCUT2D eigenvalue weighted by Gasteiger charge is -2.42. The quantitative estimate of drug-likeness (QED) is 0.695. The number of hydrogen-bond donors (Lipinski definition) is 1. The zero-order valence-electron chi connectivity index (χ0n) is 17.6. The van der Waals surface area contributed by atoms with Crippen LogP contribution in [0.4, 0.5) is 11.4 Å². The highest BCUT2D eigenvalue weighted by molar-refractivity contribution is 5.93. The molecule has 0 saturated heterocycles. The van der Waals surface area contributed by atoms with Crippen molar-refractivity contribution in [3.05, 3.63) is 35.9 Å². The van der Waals surface area contributed by atoms with Gasteiger partial charge in [-0.05, 0) is 32.0 Å². The summed E-state index contributed by atoms with van der Waals surface area (Å²) in [5, 5.41) is 3.19. The summed E-state index contributed by atoms with van der Waals surface area (Å²) >= 11 is 0. The van der Waals surface area contributed by atoms with Crippen LogP contribution < -0.4 is 29.2 Å². The van der Waals surface area contributed by atoms with Crippen molar-refractivity contribution in [3.8, 4) is 23.0 Å². The minimum Gasteiger partial charge on any atom is -0.464 e. The highest BCUT2D eigenvalue weighted by Crippen LogP contribution is 2.47. The van der Waals surface area contributed by atoms with Gasteiger partial charge in [-0.25, -0.2) is 9.59 Å². The van der Waals surface area contributed by atoms with E-state index >= 15 is 0 Å². The first-order valence-corrected chi connectivity index (χ1v) is 10.3. The molecular weight excluding hydrogens is 420 g/mol. The van der Waals surface area contributed by atoms with E-state index in [1.165, 1.54) is 0 Å². The zero-order valence-corrected chi connectivity index (χ0v) is 17.6. The average Bonchev–Trinajstić information content (AvgIpc) is 3.44. The fourth-order valence-electron chi connectivity index (χ4n) is 4.02. The van der Waals surface area contributed by atoms with Crippen molar-refractivity contribution < 1.29 is 38.0 Å². The lowest BCUT2D eigenvalue weighted by Crippen LogP contribution is -2.54. The number of fused-ring (bicyclic) bond motifs is 3. The van der Waals surface area contributed by atoms with Gasteiger partial charge < -0.3 is 38.6 Å². The van der Waals surface area contributed by atoms with E-state index in [1.807, 2.05) is 0 Å². The van der Waals surface area contributed by atoms with E-state index in [4.69, 9.17) is 28.4 Å². The third-order valence-electron chi connectivity index (χ3n) is 5.36. The van der Waals surface area contributed by atoms with Gasteiger partial charge in [0.25, 0.3) is 0 Å². The number of ether oxygens (including phenoxy) is 6. The number of nitrogens with one attached hydrogen (secondary N) is 1. The number of nitrogens with zero attached hydrogens (tertiary/aromatic N) is 1. The van der Waals surface area contributed by atoms with E-state index in [1.54, 1.807) is 49.1 Å². The Morgan fingerprint density at radius 3 is 2.25 bits per heavy atom. The minimum atomic E-state index is -1.00.